The fraction of sp³-hybridized carbons (Fsp3) is 0.455. The van der Waals surface area contributed by atoms with Gasteiger partial charge in [-0.3, -0.25) is 9.59 Å². The number of ether oxygens (including phenoxy) is 1. The number of hydrogen-bond donors (Lipinski definition) is 1. The predicted octanol–water partition coefficient (Wildman–Crippen LogP) is 3.05. The topological polar surface area (TPSA) is 98.4 Å². The van der Waals surface area contributed by atoms with Crippen LogP contribution in [-0.2, 0) is 11.2 Å². The van der Waals surface area contributed by atoms with Crippen LogP contribution in [0.2, 0.25) is 0 Å². The van der Waals surface area contributed by atoms with Gasteiger partial charge in [-0.1, -0.05) is 25.1 Å². The van der Waals surface area contributed by atoms with Crippen molar-refractivity contribution in [1.29, 1.82) is 0 Å². The highest BCUT2D eigenvalue weighted by atomic mass is 16.5. The zero-order valence-electron chi connectivity index (χ0n) is 17.1. The molecule has 1 saturated heterocycles. The van der Waals surface area contributed by atoms with Crippen LogP contribution in [0, 0.1) is 12.8 Å². The molecule has 1 aromatic carbocycles. The van der Waals surface area contributed by atoms with Gasteiger partial charge in [-0.2, -0.15) is 0 Å². The molecule has 1 fully saturated rings. The van der Waals surface area contributed by atoms with E-state index >= 15 is 0 Å². The Labute approximate surface area is 171 Å². The molecule has 2 heterocycles. The molecule has 0 bridgehead atoms. The van der Waals surface area contributed by atoms with Gasteiger partial charge < -0.3 is 15.4 Å². The highest BCUT2D eigenvalue weighted by Gasteiger charge is 2.24. The standard InChI is InChI=1S/C22H28N4O3/c1-3-7-19(27)29-21-15(2)24-18(25-20(21)22(23)28)14-16-10-12-26(13-11-16)17-8-5-4-6-9-17/h4-6,8-9,16H,3,7,10-14H2,1-2H3,(H2,23,28). The average molecular weight is 396 g/mol. The number of aromatic nitrogens is 2. The minimum absolute atomic E-state index is 0.0151. The van der Waals surface area contributed by atoms with Gasteiger partial charge in [0.25, 0.3) is 5.91 Å². The number of primary amides is 1. The summed E-state index contributed by atoms with van der Waals surface area (Å²) in [4.78, 5) is 35.0. The maximum absolute atomic E-state index is 11.9. The number of piperidine rings is 1. The zero-order chi connectivity index (χ0) is 20.8. The van der Waals surface area contributed by atoms with Gasteiger partial charge in [0.05, 0.1) is 5.69 Å². The third-order valence-electron chi connectivity index (χ3n) is 5.19. The normalized spacial score (nSPS) is 14.6. The number of carbonyl (C=O) groups is 2. The van der Waals surface area contributed by atoms with Crippen LogP contribution in [0.15, 0.2) is 30.3 Å². The van der Waals surface area contributed by atoms with Crippen LogP contribution in [0.25, 0.3) is 0 Å². The lowest BCUT2D eigenvalue weighted by Gasteiger charge is -2.33. The number of anilines is 1. The van der Waals surface area contributed by atoms with Crippen molar-refractivity contribution in [3.05, 3.63) is 47.5 Å². The molecular weight excluding hydrogens is 368 g/mol. The van der Waals surface area contributed by atoms with E-state index in [2.05, 4.69) is 39.1 Å². The zero-order valence-corrected chi connectivity index (χ0v) is 17.1. The second-order valence-electron chi connectivity index (χ2n) is 7.46. The molecule has 0 radical (unpaired) electrons. The number of rotatable bonds is 7. The van der Waals surface area contributed by atoms with E-state index in [4.69, 9.17) is 10.5 Å². The van der Waals surface area contributed by atoms with Crippen LogP contribution in [0.4, 0.5) is 5.69 Å². The Morgan fingerprint density at radius 2 is 1.86 bits per heavy atom. The van der Waals surface area contributed by atoms with E-state index in [1.165, 1.54) is 5.69 Å². The number of carbonyl (C=O) groups excluding carboxylic acids is 2. The maximum atomic E-state index is 11.9. The smallest absolute Gasteiger partial charge is 0.311 e. The van der Waals surface area contributed by atoms with E-state index in [1.54, 1.807) is 6.92 Å². The summed E-state index contributed by atoms with van der Waals surface area (Å²) in [6, 6.07) is 10.4. The fourth-order valence-electron chi connectivity index (χ4n) is 3.66. The van der Waals surface area contributed by atoms with Crippen molar-refractivity contribution >= 4 is 17.6 Å². The summed E-state index contributed by atoms with van der Waals surface area (Å²) in [5.74, 6) is -0.0374. The first-order valence-electron chi connectivity index (χ1n) is 10.2. The number of amides is 1. The summed E-state index contributed by atoms with van der Waals surface area (Å²) < 4.78 is 5.31. The molecule has 0 saturated carbocycles. The Bertz CT molecular complexity index is 862. The third kappa shape index (κ3) is 5.31. The number of esters is 1. The van der Waals surface area contributed by atoms with Crippen molar-refractivity contribution in [2.75, 3.05) is 18.0 Å². The van der Waals surface area contributed by atoms with E-state index in [1.807, 2.05) is 13.0 Å². The molecule has 1 amide bonds. The van der Waals surface area contributed by atoms with Gasteiger partial charge in [0.15, 0.2) is 11.4 Å². The van der Waals surface area contributed by atoms with E-state index in [0.717, 1.165) is 25.9 Å². The summed E-state index contributed by atoms with van der Waals surface area (Å²) >= 11 is 0. The monoisotopic (exact) mass is 396 g/mol. The van der Waals surface area contributed by atoms with Crippen LogP contribution in [0.1, 0.15) is 54.6 Å². The molecule has 7 heteroatoms. The molecule has 2 aromatic rings. The van der Waals surface area contributed by atoms with Crippen molar-refractivity contribution in [3.8, 4) is 5.75 Å². The summed E-state index contributed by atoms with van der Waals surface area (Å²) in [7, 11) is 0. The molecule has 1 aliphatic heterocycles. The second kappa shape index (κ2) is 9.49. The molecule has 7 nitrogen and oxygen atoms in total. The van der Waals surface area contributed by atoms with Gasteiger partial charge in [-0.05, 0) is 44.2 Å². The summed E-state index contributed by atoms with van der Waals surface area (Å²) in [5, 5.41) is 0. The predicted molar refractivity (Wildman–Crippen MR) is 111 cm³/mol. The van der Waals surface area contributed by atoms with Gasteiger partial charge in [0, 0.05) is 31.6 Å². The number of para-hydroxylation sites is 1. The Morgan fingerprint density at radius 1 is 1.17 bits per heavy atom. The SMILES string of the molecule is CCCC(=O)Oc1c(C)nc(CC2CCN(c3ccccc3)CC2)nc1C(N)=O. The minimum Gasteiger partial charge on any atom is -0.422 e. The molecule has 1 aromatic heterocycles. The van der Waals surface area contributed by atoms with Gasteiger partial charge in [-0.15, -0.1) is 0 Å². The largest absolute Gasteiger partial charge is 0.422 e. The lowest BCUT2D eigenvalue weighted by molar-refractivity contribution is -0.134. The number of nitrogens with two attached hydrogens (primary N) is 1. The third-order valence-corrected chi connectivity index (χ3v) is 5.19. The molecule has 0 atom stereocenters. The fourth-order valence-corrected chi connectivity index (χ4v) is 3.66. The quantitative estimate of drug-likeness (QED) is 0.722. The molecule has 0 aliphatic carbocycles. The van der Waals surface area contributed by atoms with Gasteiger partial charge in [0.2, 0.25) is 0 Å². The number of hydrogen-bond acceptors (Lipinski definition) is 6. The summed E-state index contributed by atoms with van der Waals surface area (Å²) in [6.45, 7) is 5.54. The Balaban J connectivity index is 1.68. The molecule has 0 unspecified atom stereocenters. The molecule has 0 spiro atoms. The molecular formula is C22H28N4O3. The maximum Gasteiger partial charge on any atom is 0.311 e. The first-order chi connectivity index (χ1) is 14.0. The van der Waals surface area contributed by atoms with Gasteiger partial charge >= 0.3 is 5.97 Å². The van der Waals surface area contributed by atoms with Crippen molar-refractivity contribution < 1.29 is 14.3 Å². The minimum atomic E-state index is -0.713. The lowest BCUT2D eigenvalue weighted by Crippen LogP contribution is -2.34. The second-order valence-corrected chi connectivity index (χ2v) is 7.46. The summed E-state index contributed by atoms with van der Waals surface area (Å²) in [5.41, 5.74) is 7.19. The molecule has 29 heavy (non-hydrogen) atoms. The summed E-state index contributed by atoms with van der Waals surface area (Å²) in [6.07, 6.45) is 3.64. The molecule has 154 valence electrons. The first-order valence-corrected chi connectivity index (χ1v) is 10.2. The van der Waals surface area contributed by atoms with Gasteiger partial charge in [0.1, 0.15) is 5.82 Å². The molecule has 3 rings (SSSR count). The Hall–Kier alpha value is -2.96. The van der Waals surface area contributed by atoms with Gasteiger partial charge in [-0.25, -0.2) is 9.97 Å². The van der Waals surface area contributed by atoms with Crippen molar-refractivity contribution in [2.24, 2.45) is 11.7 Å². The van der Waals surface area contributed by atoms with E-state index in [0.29, 0.717) is 30.3 Å². The number of nitrogens with zero attached hydrogens (tertiary/aromatic N) is 3. The van der Waals surface area contributed by atoms with Crippen molar-refractivity contribution in [2.45, 2.75) is 46.0 Å². The number of benzene rings is 1. The van der Waals surface area contributed by atoms with Crippen molar-refractivity contribution in [3.63, 3.8) is 0 Å². The van der Waals surface area contributed by atoms with Crippen LogP contribution in [-0.4, -0.2) is 34.9 Å². The van der Waals surface area contributed by atoms with Crippen LogP contribution in [0.3, 0.4) is 0 Å². The molecule has 2 N–H and O–H groups in total. The van der Waals surface area contributed by atoms with E-state index in [9.17, 15) is 9.59 Å². The molecule has 1 aliphatic rings. The number of aryl methyl sites for hydroxylation is 1. The van der Waals surface area contributed by atoms with E-state index < -0.39 is 11.9 Å². The highest BCUT2D eigenvalue weighted by Crippen LogP contribution is 2.27. The first kappa shape index (κ1) is 20.8. The van der Waals surface area contributed by atoms with Crippen molar-refractivity contribution in [1.82, 2.24) is 9.97 Å². The highest BCUT2D eigenvalue weighted by molar-refractivity contribution is 5.94. The Kier molecular flexibility index (Phi) is 6.80. The van der Waals surface area contributed by atoms with Crippen LogP contribution < -0.4 is 15.4 Å². The Morgan fingerprint density at radius 3 is 2.48 bits per heavy atom. The lowest BCUT2D eigenvalue weighted by atomic mass is 9.93. The average Bonchev–Trinajstić information content (AvgIpc) is 2.71. The van der Waals surface area contributed by atoms with Crippen LogP contribution in [0.5, 0.6) is 5.75 Å². The van der Waals surface area contributed by atoms with E-state index in [-0.39, 0.29) is 17.9 Å². The van der Waals surface area contributed by atoms with Crippen LogP contribution >= 0.6 is 0 Å².